The van der Waals surface area contributed by atoms with Crippen molar-refractivity contribution in [2.45, 2.75) is 45.4 Å². The van der Waals surface area contributed by atoms with Crippen LogP contribution in [0.2, 0.25) is 0 Å². The highest BCUT2D eigenvalue weighted by Gasteiger charge is 2.28. The van der Waals surface area contributed by atoms with Gasteiger partial charge in [0.2, 0.25) is 0 Å². The maximum Gasteiger partial charge on any atom is 0.338 e. The van der Waals surface area contributed by atoms with E-state index >= 15 is 0 Å². The van der Waals surface area contributed by atoms with Crippen molar-refractivity contribution in [2.75, 3.05) is 26.7 Å². The van der Waals surface area contributed by atoms with Gasteiger partial charge in [0.1, 0.15) is 13.2 Å². The van der Waals surface area contributed by atoms with Crippen LogP contribution in [0.25, 0.3) is 0 Å². The minimum atomic E-state index is -0.318. The second-order valence-electron chi connectivity index (χ2n) is 9.14. The number of rotatable bonds is 5. The van der Waals surface area contributed by atoms with Crippen LogP contribution in [0.5, 0.6) is 0 Å². The predicted molar refractivity (Wildman–Crippen MR) is 121 cm³/mol. The molecule has 2 aromatic carbocycles. The van der Waals surface area contributed by atoms with Gasteiger partial charge in [-0.2, -0.15) is 0 Å². The molecule has 0 unspecified atom stereocenters. The van der Waals surface area contributed by atoms with Crippen LogP contribution in [-0.2, 0) is 29.1 Å². The minimum absolute atomic E-state index is 0.0128. The average molecular weight is 449 g/mol. The third-order valence-electron chi connectivity index (χ3n) is 7.33. The second-order valence-corrected chi connectivity index (χ2v) is 9.14. The number of piperidine rings is 1. The number of carbonyl (C=O) groups is 3. The van der Waals surface area contributed by atoms with E-state index in [0.29, 0.717) is 23.3 Å². The summed E-state index contributed by atoms with van der Waals surface area (Å²) in [6, 6.07) is 9.33. The van der Waals surface area contributed by atoms with Gasteiger partial charge in [0.15, 0.2) is 0 Å². The summed E-state index contributed by atoms with van der Waals surface area (Å²) in [4.78, 5) is 40.7. The largest absolute Gasteiger partial charge is 0.457 e. The summed E-state index contributed by atoms with van der Waals surface area (Å²) in [5.41, 5.74) is 6.10. The summed E-state index contributed by atoms with van der Waals surface area (Å²) >= 11 is 0. The van der Waals surface area contributed by atoms with Crippen LogP contribution in [0.1, 0.15) is 66.2 Å². The van der Waals surface area contributed by atoms with Crippen LogP contribution in [-0.4, -0.2) is 60.4 Å². The number of cyclic esters (lactones) is 2. The predicted octanol–water partition coefficient (Wildman–Crippen LogP) is 3.11. The van der Waals surface area contributed by atoms with Crippen LogP contribution in [0.4, 0.5) is 0 Å². The Kier molecular flexibility index (Phi) is 5.66. The standard InChI is InChI=1S/C26H28N2O5/c1-16-17(3-6-22-23(16)15-33-26(22)31)7-10-28-11-8-20(9-12-28)27(2)24(29)18-4-5-21-19(13-18)14-32-25(21)30/h3-6,13,20H,7-12,14-15H2,1-2H3. The van der Waals surface area contributed by atoms with Crippen molar-refractivity contribution < 1.29 is 23.9 Å². The van der Waals surface area contributed by atoms with E-state index in [1.165, 1.54) is 11.1 Å². The normalized spacial score (nSPS) is 18.0. The van der Waals surface area contributed by atoms with Gasteiger partial charge in [-0.3, -0.25) is 4.79 Å². The molecule has 0 N–H and O–H groups in total. The first-order valence-corrected chi connectivity index (χ1v) is 11.5. The van der Waals surface area contributed by atoms with Gasteiger partial charge < -0.3 is 19.3 Å². The molecule has 1 fully saturated rings. The topological polar surface area (TPSA) is 76.2 Å². The molecule has 0 spiro atoms. The highest BCUT2D eigenvalue weighted by molar-refractivity contribution is 5.98. The molecule has 0 radical (unpaired) electrons. The van der Waals surface area contributed by atoms with E-state index in [0.717, 1.165) is 50.0 Å². The van der Waals surface area contributed by atoms with E-state index in [-0.39, 0.29) is 30.5 Å². The van der Waals surface area contributed by atoms with Crippen LogP contribution >= 0.6 is 0 Å². The first-order valence-electron chi connectivity index (χ1n) is 11.5. The van der Waals surface area contributed by atoms with Crippen molar-refractivity contribution >= 4 is 17.8 Å². The zero-order valence-electron chi connectivity index (χ0n) is 19.1. The van der Waals surface area contributed by atoms with Gasteiger partial charge in [0.25, 0.3) is 5.91 Å². The molecular weight excluding hydrogens is 420 g/mol. The summed E-state index contributed by atoms with van der Waals surface area (Å²) in [5.74, 6) is -0.551. The molecule has 0 bridgehead atoms. The summed E-state index contributed by atoms with van der Waals surface area (Å²) < 4.78 is 10.2. The summed E-state index contributed by atoms with van der Waals surface area (Å²) in [6.45, 7) is 5.54. The van der Waals surface area contributed by atoms with E-state index in [2.05, 4.69) is 17.9 Å². The summed E-state index contributed by atoms with van der Waals surface area (Å²) in [7, 11) is 1.87. The van der Waals surface area contributed by atoms with Gasteiger partial charge in [0.05, 0.1) is 11.1 Å². The molecule has 2 aromatic rings. The monoisotopic (exact) mass is 448 g/mol. The molecule has 3 aliphatic rings. The molecule has 172 valence electrons. The number of hydrogen-bond acceptors (Lipinski definition) is 6. The highest BCUT2D eigenvalue weighted by Crippen LogP contribution is 2.27. The smallest absolute Gasteiger partial charge is 0.338 e. The molecule has 33 heavy (non-hydrogen) atoms. The number of likely N-dealkylation sites (tertiary alicyclic amines) is 1. The van der Waals surface area contributed by atoms with E-state index in [4.69, 9.17) is 9.47 Å². The van der Waals surface area contributed by atoms with Crippen molar-refractivity contribution in [3.63, 3.8) is 0 Å². The van der Waals surface area contributed by atoms with Gasteiger partial charge in [-0.25, -0.2) is 9.59 Å². The molecule has 3 heterocycles. The second kappa shape index (κ2) is 8.63. The quantitative estimate of drug-likeness (QED) is 0.655. The lowest BCUT2D eigenvalue weighted by molar-refractivity contribution is 0.0526. The molecule has 5 rings (SSSR count). The van der Waals surface area contributed by atoms with Crippen LogP contribution in [0, 0.1) is 6.92 Å². The number of hydrogen-bond donors (Lipinski definition) is 0. The van der Waals surface area contributed by atoms with Gasteiger partial charge in [-0.1, -0.05) is 6.07 Å². The molecule has 0 aliphatic carbocycles. The van der Waals surface area contributed by atoms with Gasteiger partial charge in [-0.15, -0.1) is 0 Å². The Hall–Kier alpha value is -3.19. The molecule has 0 atom stereocenters. The Balaban J connectivity index is 1.15. The first-order chi connectivity index (χ1) is 15.9. The number of fused-ring (bicyclic) bond motifs is 2. The van der Waals surface area contributed by atoms with E-state index < -0.39 is 0 Å². The number of ether oxygens (including phenoxy) is 2. The van der Waals surface area contributed by atoms with E-state index in [1.807, 2.05) is 18.0 Å². The van der Waals surface area contributed by atoms with E-state index in [9.17, 15) is 14.4 Å². The zero-order chi connectivity index (χ0) is 23.1. The summed E-state index contributed by atoms with van der Waals surface area (Å²) in [5, 5.41) is 0. The maximum atomic E-state index is 13.0. The molecule has 3 aliphatic heterocycles. The Labute approximate surface area is 193 Å². The van der Waals surface area contributed by atoms with Crippen molar-refractivity contribution in [2.24, 2.45) is 0 Å². The third kappa shape index (κ3) is 4.02. The third-order valence-corrected chi connectivity index (χ3v) is 7.33. The van der Waals surface area contributed by atoms with Crippen LogP contribution in [0.15, 0.2) is 30.3 Å². The molecule has 1 saturated heterocycles. The van der Waals surface area contributed by atoms with Crippen LogP contribution in [0.3, 0.4) is 0 Å². The highest BCUT2D eigenvalue weighted by atomic mass is 16.5. The minimum Gasteiger partial charge on any atom is -0.457 e. The fourth-order valence-corrected chi connectivity index (χ4v) is 5.11. The Bertz CT molecular complexity index is 1130. The molecule has 1 amide bonds. The zero-order valence-corrected chi connectivity index (χ0v) is 19.1. The SMILES string of the molecule is Cc1c(CCN2CCC(N(C)C(=O)c3ccc4c(c3)COC4=O)CC2)ccc2c1COC2=O. The molecular formula is C26H28N2O5. The summed E-state index contributed by atoms with van der Waals surface area (Å²) in [6.07, 6.45) is 2.79. The van der Waals surface area contributed by atoms with E-state index in [1.54, 1.807) is 18.2 Å². The number of benzene rings is 2. The lowest BCUT2D eigenvalue weighted by atomic mass is 9.96. The number of nitrogens with zero attached hydrogens (tertiary/aromatic N) is 2. The molecule has 7 nitrogen and oxygen atoms in total. The fraction of sp³-hybridized carbons (Fsp3) is 0.423. The number of esters is 2. The molecule has 0 aromatic heterocycles. The fourth-order valence-electron chi connectivity index (χ4n) is 5.11. The Morgan fingerprint density at radius 3 is 2.52 bits per heavy atom. The van der Waals surface area contributed by atoms with Crippen LogP contribution < -0.4 is 0 Å². The van der Waals surface area contributed by atoms with Gasteiger partial charge in [-0.05, 0) is 61.6 Å². The molecule has 0 saturated carbocycles. The number of amides is 1. The number of carbonyl (C=O) groups excluding carboxylic acids is 3. The maximum absolute atomic E-state index is 13.0. The first kappa shape index (κ1) is 21.6. The average Bonchev–Trinajstić information content (AvgIpc) is 3.40. The van der Waals surface area contributed by atoms with Crippen molar-refractivity contribution in [3.8, 4) is 0 Å². The lowest BCUT2D eigenvalue weighted by Gasteiger charge is -2.37. The van der Waals surface area contributed by atoms with Crippen molar-refractivity contribution in [1.29, 1.82) is 0 Å². The lowest BCUT2D eigenvalue weighted by Crippen LogP contribution is -2.46. The van der Waals surface area contributed by atoms with Crippen molar-refractivity contribution in [1.82, 2.24) is 9.80 Å². The van der Waals surface area contributed by atoms with Gasteiger partial charge in [0, 0.05) is 49.4 Å². The van der Waals surface area contributed by atoms with Crippen molar-refractivity contribution in [3.05, 3.63) is 69.3 Å². The molecule has 7 heteroatoms. The Morgan fingerprint density at radius 1 is 1.03 bits per heavy atom. The van der Waals surface area contributed by atoms with Gasteiger partial charge >= 0.3 is 11.9 Å². The Morgan fingerprint density at radius 2 is 1.73 bits per heavy atom.